The van der Waals surface area contributed by atoms with Gasteiger partial charge in [-0.3, -0.25) is 0 Å². The van der Waals surface area contributed by atoms with Crippen LogP contribution in [0.2, 0.25) is 0 Å². The van der Waals surface area contributed by atoms with Crippen molar-refractivity contribution in [2.45, 2.75) is 20.0 Å². The smallest absolute Gasteiger partial charge is 0.338 e. The molecule has 2 aromatic carbocycles. The third kappa shape index (κ3) is 3.49. The molecule has 0 bridgehead atoms. The lowest BCUT2D eigenvalue weighted by Crippen LogP contribution is -2.25. The van der Waals surface area contributed by atoms with Crippen molar-refractivity contribution >= 4 is 5.97 Å². The van der Waals surface area contributed by atoms with Gasteiger partial charge in [-0.1, -0.05) is 48.5 Å². The molecule has 0 heterocycles. The summed E-state index contributed by atoms with van der Waals surface area (Å²) < 4.78 is 5.62. The van der Waals surface area contributed by atoms with Crippen LogP contribution in [-0.4, -0.2) is 5.97 Å². The van der Waals surface area contributed by atoms with E-state index in [9.17, 15) is 10.1 Å². The molecule has 1 atom stereocenters. The highest BCUT2D eigenvalue weighted by atomic mass is 16.5. The summed E-state index contributed by atoms with van der Waals surface area (Å²) in [6.45, 7) is 3.53. The molecule has 0 saturated carbocycles. The summed E-state index contributed by atoms with van der Waals surface area (Å²) in [6, 6.07) is 20.4. The minimum atomic E-state index is -0.814. The molecular weight excluding hydrogens is 262 g/mol. The third-order valence-corrected chi connectivity index (χ3v) is 3.28. The van der Waals surface area contributed by atoms with Gasteiger partial charge in [-0.05, 0) is 31.5 Å². The molecule has 0 radical (unpaired) electrons. The van der Waals surface area contributed by atoms with Gasteiger partial charge in [-0.2, -0.15) is 5.26 Å². The molecule has 0 saturated heterocycles. The highest BCUT2D eigenvalue weighted by molar-refractivity contribution is 5.89. The minimum Gasteiger partial charge on any atom is -0.452 e. The van der Waals surface area contributed by atoms with Crippen molar-refractivity contribution in [1.82, 2.24) is 0 Å². The molecule has 0 fully saturated rings. The third-order valence-electron chi connectivity index (χ3n) is 3.28. The molecule has 21 heavy (non-hydrogen) atoms. The lowest BCUT2D eigenvalue weighted by atomic mass is 9.84. The van der Waals surface area contributed by atoms with E-state index in [1.54, 1.807) is 38.1 Å². The number of benzene rings is 2. The lowest BCUT2D eigenvalue weighted by molar-refractivity contribution is 0.00518. The predicted octanol–water partition coefficient (Wildman–Crippen LogP) is 4.13. The van der Waals surface area contributed by atoms with Crippen molar-refractivity contribution in [3.63, 3.8) is 0 Å². The SMILES string of the molecule is CC(C)(C#N)C(OC(=O)c1ccccc1)c1ccccc1. The van der Waals surface area contributed by atoms with Gasteiger partial charge in [0.1, 0.15) is 6.10 Å². The number of nitriles is 1. The first kappa shape index (κ1) is 14.8. The molecular formula is C18H17NO2. The maximum atomic E-state index is 12.3. The van der Waals surface area contributed by atoms with Crippen LogP contribution in [0.1, 0.15) is 35.9 Å². The molecule has 0 aliphatic carbocycles. The van der Waals surface area contributed by atoms with E-state index in [1.165, 1.54) is 0 Å². The molecule has 3 heteroatoms. The second-order valence-electron chi connectivity index (χ2n) is 5.40. The second-order valence-corrected chi connectivity index (χ2v) is 5.40. The van der Waals surface area contributed by atoms with E-state index in [0.29, 0.717) is 5.56 Å². The van der Waals surface area contributed by atoms with Crippen molar-refractivity contribution in [1.29, 1.82) is 5.26 Å². The van der Waals surface area contributed by atoms with E-state index in [2.05, 4.69) is 6.07 Å². The molecule has 0 N–H and O–H groups in total. The van der Waals surface area contributed by atoms with Crippen molar-refractivity contribution in [2.75, 3.05) is 0 Å². The Hall–Kier alpha value is -2.60. The predicted molar refractivity (Wildman–Crippen MR) is 80.4 cm³/mol. The van der Waals surface area contributed by atoms with Crippen molar-refractivity contribution in [2.24, 2.45) is 5.41 Å². The fourth-order valence-corrected chi connectivity index (χ4v) is 2.07. The largest absolute Gasteiger partial charge is 0.452 e. The van der Waals surface area contributed by atoms with Gasteiger partial charge >= 0.3 is 5.97 Å². The van der Waals surface area contributed by atoms with Gasteiger partial charge < -0.3 is 4.74 Å². The number of hydrogen-bond acceptors (Lipinski definition) is 3. The molecule has 3 nitrogen and oxygen atoms in total. The Balaban J connectivity index is 2.30. The Morgan fingerprint density at radius 1 is 1.05 bits per heavy atom. The van der Waals surface area contributed by atoms with Gasteiger partial charge in [0.2, 0.25) is 0 Å². The summed E-state index contributed by atoms with van der Waals surface area (Å²) in [4.78, 5) is 12.3. The Kier molecular flexibility index (Phi) is 4.39. The van der Waals surface area contributed by atoms with Crippen molar-refractivity contribution in [3.05, 3.63) is 71.8 Å². The quantitative estimate of drug-likeness (QED) is 0.790. The maximum Gasteiger partial charge on any atom is 0.338 e. The standard InChI is InChI=1S/C18H17NO2/c1-18(2,13-19)16(14-9-5-3-6-10-14)21-17(20)15-11-7-4-8-12-15/h3-12,16H,1-2H3. The van der Waals surface area contributed by atoms with Crippen LogP contribution in [0, 0.1) is 16.7 Å². The number of hydrogen-bond donors (Lipinski definition) is 0. The first-order valence-electron chi connectivity index (χ1n) is 6.77. The van der Waals surface area contributed by atoms with Gasteiger partial charge in [0, 0.05) is 0 Å². The van der Waals surface area contributed by atoms with Crippen molar-refractivity contribution < 1.29 is 9.53 Å². The van der Waals surface area contributed by atoms with Crippen LogP contribution in [0.3, 0.4) is 0 Å². The minimum absolute atomic E-state index is 0.423. The zero-order valence-electron chi connectivity index (χ0n) is 12.1. The van der Waals surface area contributed by atoms with E-state index in [-0.39, 0.29) is 0 Å². The van der Waals surface area contributed by atoms with Crippen LogP contribution in [0.5, 0.6) is 0 Å². The monoisotopic (exact) mass is 279 g/mol. The highest BCUT2D eigenvalue weighted by Gasteiger charge is 2.34. The summed E-state index contributed by atoms with van der Waals surface area (Å²) >= 11 is 0. The molecule has 0 aromatic heterocycles. The van der Waals surface area contributed by atoms with Crippen molar-refractivity contribution in [3.8, 4) is 6.07 Å². The zero-order chi connectivity index (χ0) is 15.3. The summed E-state index contributed by atoms with van der Waals surface area (Å²) in [5, 5.41) is 9.37. The number of nitrogens with zero attached hydrogens (tertiary/aromatic N) is 1. The summed E-state index contributed by atoms with van der Waals surface area (Å²) in [5.41, 5.74) is 0.478. The van der Waals surface area contributed by atoms with E-state index >= 15 is 0 Å². The van der Waals surface area contributed by atoms with Crippen LogP contribution in [0.4, 0.5) is 0 Å². The van der Waals surface area contributed by atoms with E-state index in [0.717, 1.165) is 5.56 Å². The first-order chi connectivity index (χ1) is 10.0. The van der Waals surface area contributed by atoms with Gasteiger partial charge in [0.25, 0.3) is 0 Å². The number of carbonyl (C=O) groups is 1. The molecule has 2 aromatic rings. The Morgan fingerprint density at radius 2 is 1.57 bits per heavy atom. The fourth-order valence-electron chi connectivity index (χ4n) is 2.07. The van der Waals surface area contributed by atoms with E-state index in [1.807, 2.05) is 36.4 Å². The van der Waals surface area contributed by atoms with Crippen LogP contribution >= 0.6 is 0 Å². The normalized spacial score (nSPS) is 12.2. The first-order valence-corrected chi connectivity index (χ1v) is 6.77. The van der Waals surface area contributed by atoms with Gasteiger partial charge in [0.15, 0.2) is 0 Å². The van der Waals surface area contributed by atoms with Crippen LogP contribution < -0.4 is 0 Å². The average molecular weight is 279 g/mol. The Morgan fingerprint density at radius 3 is 2.10 bits per heavy atom. The van der Waals surface area contributed by atoms with E-state index < -0.39 is 17.5 Å². The molecule has 2 rings (SSSR count). The Labute approximate surface area is 124 Å². The number of carbonyl (C=O) groups excluding carboxylic acids is 1. The fraction of sp³-hybridized carbons (Fsp3) is 0.222. The van der Waals surface area contributed by atoms with Gasteiger partial charge in [0.05, 0.1) is 17.0 Å². The lowest BCUT2D eigenvalue weighted by Gasteiger charge is -2.28. The molecule has 106 valence electrons. The molecule has 0 amide bonds. The average Bonchev–Trinajstić information content (AvgIpc) is 2.54. The number of esters is 1. The van der Waals surface area contributed by atoms with E-state index in [4.69, 9.17) is 4.74 Å². The maximum absolute atomic E-state index is 12.3. The Bertz CT molecular complexity index is 642. The summed E-state index contributed by atoms with van der Waals surface area (Å²) in [5.74, 6) is -0.423. The zero-order valence-corrected chi connectivity index (χ0v) is 12.1. The number of ether oxygens (including phenoxy) is 1. The van der Waals surface area contributed by atoms with Crippen LogP contribution in [-0.2, 0) is 4.74 Å². The van der Waals surface area contributed by atoms with Crippen LogP contribution in [0.25, 0.3) is 0 Å². The number of rotatable bonds is 4. The summed E-state index contributed by atoms with van der Waals surface area (Å²) in [6.07, 6.45) is -0.614. The highest BCUT2D eigenvalue weighted by Crippen LogP contribution is 2.36. The topological polar surface area (TPSA) is 50.1 Å². The second kappa shape index (κ2) is 6.23. The molecule has 0 aliphatic rings. The summed E-state index contributed by atoms with van der Waals surface area (Å²) in [7, 11) is 0. The van der Waals surface area contributed by atoms with Gasteiger partial charge in [-0.15, -0.1) is 0 Å². The van der Waals surface area contributed by atoms with Crippen LogP contribution in [0.15, 0.2) is 60.7 Å². The molecule has 1 unspecified atom stereocenters. The molecule has 0 spiro atoms. The van der Waals surface area contributed by atoms with Gasteiger partial charge in [-0.25, -0.2) is 4.79 Å². The molecule has 0 aliphatic heterocycles.